The summed E-state index contributed by atoms with van der Waals surface area (Å²) < 4.78 is 43.2. The van der Waals surface area contributed by atoms with Gasteiger partial charge in [0.2, 0.25) is 0 Å². The number of aliphatic imine (C=N–C) groups is 1. The maximum atomic E-state index is 12.6. The number of pyridine rings is 1. The number of aromatic nitrogens is 1. The van der Waals surface area contributed by atoms with E-state index in [0.29, 0.717) is 25.9 Å². The van der Waals surface area contributed by atoms with E-state index < -0.39 is 17.5 Å². The first-order valence-corrected chi connectivity index (χ1v) is 7.79. The molecule has 2 rings (SSSR count). The molecule has 2 heterocycles. The van der Waals surface area contributed by atoms with E-state index in [4.69, 9.17) is 4.74 Å². The van der Waals surface area contributed by atoms with Crippen molar-refractivity contribution in [3.8, 4) is 5.75 Å². The van der Waals surface area contributed by atoms with Gasteiger partial charge in [-0.1, -0.05) is 12.7 Å². The molecule has 0 radical (unpaired) electrons. The van der Waals surface area contributed by atoms with Crippen molar-refractivity contribution in [2.24, 2.45) is 4.99 Å². The number of hydrogen-bond donors (Lipinski definition) is 2. The molecule has 1 fully saturated rings. The first kappa shape index (κ1) is 19.1. The molecule has 2 N–H and O–H groups in total. The van der Waals surface area contributed by atoms with Gasteiger partial charge in [-0.25, -0.2) is 4.98 Å². The van der Waals surface area contributed by atoms with Gasteiger partial charge in [-0.05, 0) is 45.0 Å². The highest BCUT2D eigenvalue weighted by atomic mass is 19.4. The molecule has 0 atom stereocenters. The molecule has 0 aromatic carbocycles. The first-order valence-electron chi connectivity index (χ1n) is 7.79. The monoisotopic (exact) mass is 355 g/mol. The standard InChI is InChI=1S/C17H20F3N3O2/c1-3-8-22-15(16(24)6-9-21-10-7-16)12(2)25-13-4-5-14(23-11-13)17(18,19)20/h3-5,8,11,21,24H,2,6-7,9-10H2,1H3/b8-3-,22-15?. The van der Waals surface area contributed by atoms with E-state index in [0.717, 1.165) is 18.3 Å². The summed E-state index contributed by atoms with van der Waals surface area (Å²) in [5, 5.41) is 14.0. The molecule has 0 unspecified atom stereocenters. The van der Waals surface area contributed by atoms with Crippen LogP contribution in [0.1, 0.15) is 25.5 Å². The van der Waals surface area contributed by atoms with Crippen molar-refractivity contribution in [3.05, 3.63) is 48.6 Å². The normalized spacial score (nSPS) is 18.4. The number of alkyl halides is 3. The van der Waals surface area contributed by atoms with Crippen LogP contribution in [-0.2, 0) is 6.18 Å². The Morgan fingerprint density at radius 3 is 2.60 bits per heavy atom. The fourth-order valence-electron chi connectivity index (χ4n) is 2.48. The highest BCUT2D eigenvalue weighted by molar-refractivity contribution is 6.05. The van der Waals surface area contributed by atoms with Crippen LogP contribution in [0.5, 0.6) is 5.75 Å². The second kappa shape index (κ2) is 7.79. The number of ether oxygens (including phenoxy) is 1. The largest absolute Gasteiger partial charge is 0.454 e. The minimum absolute atomic E-state index is 0.0732. The Bertz CT molecular complexity index is 661. The highest BCUT2D eigenvalue weighted by Gasteiger charge is 2.37. The number of nitrogens with one attached hydrogen (secondary N) is 1. The minimum Gasteiger partial charge on any atom is -0.454 e. The quantitative estimate of drug-likeness (QED) is 0.629. The fraction of sp³-hybridized carbons (Fsp3) is 0.412. The van der Waals surface area contributed by atoms with Crippen LogP contribution in [0.25, 0.3) is 0 Å². The highest BCUT2D eigenvalue weighted by Crippen LogP contribution is 2.29. The molecule has 0 bridgehead atoms. The maximum Gasteiger partial charge on any atom is 0.433 e. The van der Waals surface area contributed by atoms with Crippen molar-refractivity contribution in [1.29, 1.82) is 0 Å². The van der Waals surface area contributed by atoms with Gasteiger partial charge in [-0.2, -0.15) is 13.2 Å². The zero-order valence-electron chi connectivity index (χ0n) is 13.8. The summed E-state index contributed by atoms with van der Waals surface area (Å²) in [6.07, 6.45) is 0.506. The number of piperidine rings is 1. The molecule has 1 saturated heterocycles. The summed E-state index contributed by atoms with van der Waals surface area (Å²) in [5.41, 5.74) is -1.96. The van der Waals surface area contributed by atoms with Gasteiger partial charge < -0.3 is 15.2 Å². The third-order valence-electron chi connectivity index (χ3n) is 3.76. The summed E-state index contributed by atoms with van der Waals surface area (Å²) in [7, 11) is 0. The predicted molar refractivity (Wildman–Crippen MR) is 88.3 cm³/mol. The minimum atomic E-state index is -4.52. The lowest BCUT2D eigenvalue weighted by Gasteiger charge is -2.34. The number of nitrogens with zero attached hydrogens (tertiary/aromatic N) is 2. The van der Waals surface area contributed by atoms with E-state index in [1.807, 2.05) is 0 Å². The molecule has 1 aliphatic heterocycles. The Kier molecular flexibility index (Phi) is 5.97. The van der Waals surface area contributed by atoms with Crippen LogP contribution in [0.15, 0.2) is 47.9 Å². The van der Waals surface area contributed by atoms with E-state index in [-0.39, 0.29) is 17.2 Å². The van der Waals surface area contributed by atoms with Crippen molar-refractivity contribution in [1.82, 2.24) is 10.3 Å². The molecule has 0 aliphatic carbocycles. The Morgan fingerprint density at radius 2 is 2.08 bits per heavy atom. The molecule has 1 aromatic heterocycles. The Morgan fingerprint density at radius 1 is 1.40 bits per heavy atom. The van der Waals surface area contributed by atoms with E-state index in [1.165, 1.54) is 6.20 Å². The molecule has 0 spiro atoms. The predicted octanol–water partition coefficient (Wildman–Crippen LogP) is 3.08. The van der Waals surface area contributed by atoms with Crippen LogP contribution in [0.3, 0.4) is 0 Å². The van der Waals surface area contributed by atoms with Gasteiger partial charge in [0.1, 0.15) is 28.5 Å². The number of allylic oxidation sites excluding steroid dienone is 1. The summed E-state index contributed by atoms with van der Waals surface area (Å²) >= 11 is 0. The van der Waals surface area contributed by atoms with Crippen LogP contribution in [0.2, 0.25) is 0 Å². The molecule has 8 heteroatoms. The average molecular weight is 355 g/mol. The van der Waals surface area contributed by atoms with Crippen LogP contribution in [0.4, 0.5) is 13.2 Å². The summed E-state index contributed by atoms with van der Waals surface area (Å²) in [4.78, 5) is 7.56. The van der Waals surface area contributed by atoms with Crippen LogP contribution in [-0.4, -0.2) is 34.5 Å². The SMILES string of the molecule is C=C(Oc1ccc(C(F)(F)F)nc1)C(=N/C=C\C)C1(O)CCNCC1. The van der Waals surface area contributed by atoms with Crippen molar-refractivity contribution < 1.29 is 23.0 Å². The van der Waals surface area contributed by atoms with Crippen molar-refractivity contribution in [2.75, 3.05) is 13.1 Å². The van der Waals surface area contributed by atoms with Gasteiger partial charge >= 0.3 is 6.18 Å². The maximum absolute atomic E-state index is 12.6. The molecule has 1 aliphatic rings. The number of rotatable bonds is 5. The van der Waals surface area contributed by atoms with Gasteiger partial charge in [0.05, 0.1) is 6.20 Å². The van der Waals surface area contributed by atoms with Crippen LogP contribution in [0, 0.1) is 0 Å². The molecule has 136 valence electrons. The van der Waals surface area contributed by atoms with Crippen LogP contribution >= 0.6 is 0 Å². The molecule has 25 heavy (non-hydrogen) atoms. The van der Waals surface area contributed by atoms with Crippen LogP contribution < -0.4 is 10.1 Å². The first-order chi connectivity index (χ1) is 11.8. The fourth-order valence-corrected chi connectivity index (χ4v) is 2.48. The topological polar surface area (TPSA) is 66.7 Å². The Hall–Kier alpha value is -2.19. The van der Waals surface area contributed by atoms with E-state index >= 15 is 0 Å². The molecular formula is C17H20F3N3O2. The van der Waals surface area contributed by atoms with Gasteiger partial charge in [0, 0.05) is 6.20 Å². The van der Waals surface area contributed by atoms with Crippen molar-refractivity contribution in [3.63, 3.8) is 0 Å². The Labute approximate surface area is 143 Å². The third-order valence-corrected chi connectivity index (χ3v) is 3.76. The molecule has 1 aromatic rings. The summed E-state index contributed by atoms with van der Waals surface area (Å²) in [6.45, 7) is 6.78. The van der Waals surface area contributed by atoms with E-state index in [1.54, 1.807) is 13.0 Å². The number of halogens is 3. The number of aliphatic hydroxyl groups is 1. The van der Waals surface area contributed by atoms with E-state index in [9.17, 15) is 18.3 Å². The second-order valence-electron chi connectivity index (χ2n) is 5.64. The lowest BCUT2D eigenvalue weighted by molar-refractivity contribution is -0.141. The zero-order valence-corrected chi connectivity index (χ0v) is 13.8. The molecular weight excluding hydrogens is 335 g/mol. The van der Waals surface area contributed by atoms with Crippen molar-refractivity contribution in [2.45, 2.75) is 31.5 Å². The van der Waals surface area contributed by atoms with Gasteiger partial charge in [0.15, 0.2) is 0 Å². The Balaban J connectivity index is 2.20. The lowest BCUT2D eigenvalue weighted by atomic mass is 9.86. The second-order valence-corrected chi connectivity index (χ2v) is 5.64. The summed E-state index contributed by atoms with van der Waals surface area (Å²) in [5.74, 6) is 0.160. The zero-order chi connectivity index (χ0) is 18.5. The van der Waals surface area contributed by atoms with Crippen molar-refractivity contribution >= 4 is 5.71 Å². The van der Waals surface area contributed by atoms with Gasteiger partial charge in [0.25, 0.3) is 0 Å². The number of hydrogen-bond acceptors (Lipinski definition) is 5. The smallest absolute Gasteiger partial charge is 0.433 e. The van der Waals surface area contributed by atoms with E-state index in [2.05, 4.69) is 21.9 Å². The summed E-state index contributed by atoms with van der Waals surface area (Å²) in [6, 6.07) is 1.98. The van der Waals surface area contributed by atoms with Gasteiger partial charge in [-0.15, -0.1) is 0 Å². The average Bonchev–Trinajstić information content (AvgIpc) is 2.55. The molecule has 0 saturated carbocycles. The lowest BCUT2D eigenvalue weighted by Crippen LogP contribution is -2.48. The third kappa shape index (κ3) is 4.90. The molecule has 0 amide bonds. The van der Waals surface area contributed by atoms with Gasteiger partial charge in [-0.3, -0.25) is 4.99 Å². The molecule has 5 nitrogen and oxygen atoms in total.